The Kier molecular flexibility index (Phi) is 6.87. The van der Waals surface area contributed by atoms with Gasteiger partial charge in [-0.15, -0.1) is 0 Å². The van der Waals surface area contributed by atoms with Crippen LogP contribution in [-0.2, 0) is 16.1 Å². The SMILES string of the molecule is CC(=O)Nc1cc(-c2ccc(Cl)cc2)nn(CC(=O)Nc2ccc(C(C)C)cc2)c1=O. The Morgan fingerprint density at radius 1 is 1.03 bits per heavy atom. The predicted molar refractivity (Wildman–Crippen MR) is 122 cm³/mol. The minimum Gasteiger partial charge on any atom is -0.324 e. The molecule has 2 amide bonds. The Bertz CT molecular complexity index is 1150. The van der Waals surface area contributed by atoms with E-state index < -0.39 is 17.4 Å². The van der Waals surface area contributed by atoms with Gasteiger partial charge in [-0.05, 0) is 41.8 Å². The van der Waals surface area contributed by atoms with Crippen molar-refractivity contribution in [3.63, 3.8) is 0 Å². The number of anilines is 2. The van der Waals surface area contributed by atoms with Crippen molar-refractivity contribution in [2.24, 2.45) is 0 Å². The number of halogens is 1. The van der Waals surface area contributed by atoms with Gasteiger partial charge in [-0.25, -0.2) is 4.68 Å². The number of benzene rings is 2. The van der Waals surface area contributed by atoms with Gasteiger partial charge in [0.2, 0.25) is 11.8 Å². The first kappa shape index (κ1) is 22.2. The number of carbonyl (C=O) groups excluding carboxylic acids is 2. The van der Waals surface area contributed by atoms with E-state index in [0.29, 0.717) is 27.9 Å². The summed E-state index contributed by atoms with van der Waals surface area (Å²) in [5, 5.41) is 10.1. The average Bonchev–Trinajstić information content (AvgIpc) is 2.71. The molecule has 0 radical (unpaired) electrons. The van der Waals surface area contributed by atoms with E-state index in [2.05, 4.69) is 29.6 Å². The molecule has 31 heavy (non-hydrogen) atoms. The van der Waals surface area contributed by atoms with Crippen LogP contribution in [-0.4, -0.2) is 21.6 Å². The average molecular weight is 439 g/mol. The van der Waals surface area contributed by atoms with Crippen LogP contribution < -0.4 is 16.2 Å². The largest absolute Gasteiger partial charge is 0.324 e. The number of hydrogen-bond acceptors (Lipinski definition) is 4. The van der Waals surface area contributed by atoms with E-state index in [1.165, 1.54) is 13.0 Å². The topological polar surface area (TPSA) is 93.1 Å². The molecular formula is C23H23ClN4O3. The van der Waals surface area contributed by atoms with Crippen LogP contribution >= 0.6 is 11.6 Å². The van der Waals surface area contributed by atoms with Gasteiger partial charge in [-0.3, -0.25) is 14.4 Å². The number of hydrogen-bond donors (Lipinski definition) is 2. The maximum absolute atomic E-state index is 12.7. The molecule has 7 nitrogen and oxygen atoms in total. The van der Waals surface area contributed by atoms with Crippen molar-refractivity contribution in [3.05, 3.63) is 75.5 Å². The zero-order chi connectivity index (χ0) is 22.5. The van der Waals surface area contributed by atoms with Gasteiger partial charge in [-0.1, -0.05) is 49.7 Å². The van der Waals surface area contributed by atoms with Gasteiger partial charge in [0.15, 0.2) is 0 Å². The summed E-state index contributed by atoms with van der Waals surface area (Å²) in [6, 6.07) is 15.9. The quantitative estimate of drug-likeness (QED) is 0.600. The minimum atomic E-state index is -0.571. The maximum atomic E-state index is 12.7. The summed E-state index contributed by atoms with van der Waals surface area (Å²) in [4.78, 5) is 36.8. The Morgan fingerprint density at radius 2 is 1.68 bits per heavy atom. The number of carbonyl (C=O) groups is 2. The van der Waals surface area contributed by atoms with E-state index in [4.69, 9.17) is 11.6 Å². The van der Waals surface area contributed by atoms with Crippen molar-refractivity contribution in [2.75, 3.05) is 10.6 Å². The molecule has 0 aliphatic carbocycles. The highest BCUT2D eigenvalue weighted by Gasteiger charge is 2.14. The van der Waals surface area contributed by atoms with Gasteiger partial charge in [0.25, 0.3) is 5.56 Å². The van der Waals surface area contributed by atoms with Crippen LogP contribution in [0.4, 0.5) is 11.4 Å². The Morgan fingerprint density at radius 3 is 2.26 bits per heavy atom. The molecule has 3 aromatic rings. The lowest BCUT2D eigenvalue weighted by atomic mass is 10.0. The van der Waals surface area contributed by atoms with Crippen LogP contribution in [0.5, 0.6) is 0 Å². The molecule has 3 rings (SSSR count). The summed E-state index contributed by atoms with van der Waals surface area (Å²) in [7, 11) is 0. The summed E-state index contributed by atoms with van der Waals surface area (Å²) in [5.74, 6) is -0.420. The molecule has 0 bridgehead atoms. The van der Waals surface area contributed by atoms with Crippen molar-refractivity contribution in [2.45, 2.75) is 33.2 Å². The third kappa shape index (κ3) is 5.79. The van der Waals surface area contributed by atoms with Crippen LogP contribution in [0, 0.1) is 0 Å². The summed E-state index contributed by atoms with van der Waals surface area (Å²) >= 11 is 5.94. The van der Waals surface area contributed by atoms with Gasteiger partial charge in [0, 0.05) is 23.2 Å². The zero-order valence-electron chi connectivity index (χ0n) is 17.5. The fourth-order valence-corrected chi connectivity index (χ4v) is 3.10. The molecule has 0 saturated carbocycles. The normalized spacial score (nSPS) is 10.7. The second kappa shape index (κ2) is 9.57. The van der Waals surface area contributed by atoms with E-state index in [0.717, 1.165) is 10.2 Å². The number of rotatable bonds is 6. The van der Waals surface area contributed by atoms with Crippen LogP contribution in [0.1, 0.15) is 32.3 Å². The van der Waals surface area contributed by atoms with Crippen molar-refractivity contribution < 1.29 is 9.59 Å². The minimum absolute atomic E-state index is 0.0431. The van der Waals surface area contributed by atoms with E-state index in [9.17, 15) is 14.4 Å². The van der Waals surface area contributed by atoms with Crippen molar-refractivity contribution >= 4 is 34.8 Å². The van der Waals surface area contributed by atoms with Crippen molar-refractivity contribution in [3.8, 4) is 11.3 Å². The molecule has 0 fully saturated rings. The molecule has 2 N–H and O–H groups in total. The Balaban J connectivity index is 1.88. The standard InChI is InChI=1S/C23H23ClN4O3/c1-14(2)16-6-10-19(11-7-16)26-22(30)13-28-23(31)21(25-15(3)29)12-20(27-28)17-4-8-18(24)9-5-17/h4-12,14H,13H2,1-3H3,(H,25,29)(H,26,30). The monoisotopic (exact) mass is 438 g/mol. The molecule has 0 aliphatic heterocycles. The molecule has 0 unspecified atom stereocenters. The van der Waals surface area contributed by atoms with Crippen LogP contribution in [0.3, 0.4) is 0 Å². The fourth-order valence-electron chi connectivity index (χ4n) is 2.98. The molecule has 0 atom stereocenters. The van der Waals surface area contributed by atoms with Crippen LogP contribution in [0.25, 0.3) is 11.3 Å². The number of amides is 2. The lowest BCUT2D eigenvalue weighted by Crippen LogP contribution is -2.32. The molecule has 8 heteroatoms. The first-order valence-corrected chi connectivity index (χ1v) is 10.2. The lowest BCUT2D eigenvalue weighted by molar-refractivity contribution is -0.117. The number of nitrogens with zero attached hydrogens (tertiary/aromatic N) is 2. The third-order valence-corrected chi connectivity index (χ3v) is 4.83. The summed E-state index contributed by atoms with van der Waals surface area (Å²) in [6.07, 6.45) is 0. The molecule has 160 valence electrons. The first-order chi connectivity index (χ1) is 14.7. The molecule has 2 aromatic carbocycles. The Labute approximate surface area is 185 Å². The van der Waals surface area contributed by atoms with Gasteiger partial charge in [0.05, 0.1) is 5.69 Å². The van der Waals surface area contributed by atoms with Gasteiger partial charge < -0.3 is 10.6 Å². The molecule has 0 saturated heterocycles. The molecule has 1 aromatic heterocycles. The van der Waals surface area contributed by atoms with Gasteiger partial charge in [0.1, 0.15) is 12.2 Å². The van der Waals surface area contributed by atoms with E-state index in [1.807, 2.05) is 24.3 Å². The highest BCUT2D eigenvalue weighted by molar-refractivity contribution is 6.30. The number of nitrogens with one attached hydrogen (secondary N) is 2. The summed E-state index contributed by atoms with van der Waals surface area (Å²) in [6.45, 7) is 5.18. The smallest absolute Gasteiger partial charge is 0.291 e. The van der Waals surface area contributed by atoms with E-state index in [1.54, 1.807) is 24.3 Å². The highest BCUT2D eigenvalue weighted by atomic mass is 35.5. The highest BCUT2D eigenvalue weighted by Crippen LogP contribution is 2.21. The molecule has 1 heterocycles. The second-order valence-electron chi connectivity index (χ2n) is 7.42. The first-order valence-electron chi connectivity index (χ1n) is 9.78. The van der Waals surface area contributed by atoms with E-state index in [-0.39, 0.29) is 12.2 Å². The van der Waals surface area contributed by atoms with Crippen molar-refractivity contribution in [1.29, 1.82) is 0 Å². The van der Waals surface area contributed by atoms with E-state index >= 15 is 0 Å². The van der Waals surface area contributed by atoms with Crippen LogP contribution in [0.15, 0.2) is 59.4 Å². The molecule has 0 spiro atoms. The van der Waals surface area contributed by atoms with Gasteiger partial charge in [-0.2, -0.15) is 5.10 Å². The maximum Gasteiger partial charge on any atom is 0.291 e. The number of aromatic nitrogens is 2. The van der Waals surface area contributed by atoms with Crippen LogP contribution in [0.2, 0.25) is 5.02 Å². The van der Waals surface area contributed by atoms with Crippen molar-refractivity contribution in [1.82, 2.24) is 9.78 Å². The third-order valence-electron chi connectivity index (χ3n) is 4.58. The lowest BCUT2D eigenvalue weighted by Gasteiger charge is -2.12. The zero-order valence-corrected chi connectivity index (χ0v) is 18.2. The molecule has 0 aliphatic rings. The second-order valence-corrected chi connectivity index (χ2v) is 7.86. The predicted octanol–water partition coefficient (Wildman–Crippen LogP) is 4.28. The molecular weight excluding hydrogens is 416 g/mol. The fraction of sp³-hybridized carbons (Fsp3) is 0.217. The summed E-state index contributed by atoms with van der Waals surface area (Å²) in [5.41, 5.74) is 2.37. The summed E-state index contributed by atoms with van der Waals surface area (Å²) < 4.78 is 1.03. The van der Waals surface area contributed by atoms with Gasteiger partial charge >= 0.3 is 0 Å². The Hall–Kier alpha value is -3.45.